The molecule has 0 aliphatic heterocycles. The number of H-pyrrole nitrogens is 5. The molecular weight excluding hydrogens is 1740 g/mol. The number of aliphatic carboxylic acids is 2. The molecule has 0 saturated carbocycles. The van der Waals surface area contributed by atoms with E-state index < -0.39 is 96.6 Å². The van der Waals surface area contributed by atoms with E-state index in [9.17, 15) is 51.3 Å². The molecule has 5 aromatic heterocycles. The molecular formula is C84H117BBrF3KN9O16S5. The molecule has 0 unspecified atom stereocenters. The fourth-order valence-electron chi connectivity index (χ4n) is 11.9. The maximum atomic E-state index is 12.1. The van der Waals surface area contributed by atoms with Crippen molar-refractivity contribution in [2.75, 3.05) is 21.3 Å². The predicted octanol–water partition coefficient (Wildman–Crippen LogP) is 14.0. The van der Waals surface area contributed by atoms with E-state index in [4.69, 9.17) is 44.4 Å². The number of hydrogen-bond acceptors (Lipinski definition) is 15. The molecule has 5 heterocycles. The van der Waals surface area contributed by atoms with E-state index in [-0.39, 0.29) is 131 Å². The number of ether oxygens (including phenoxy) is 6. The Labute approximate surface area is 786 Å². The van der Waals surface area contributed by atoms with Gasteiger partial charge in [0, 0.05) is 105 Å². The molecule has 0 fully saturated rings. The van der Waals surface area contributed by atoms with Crippen molar-refractivity contribution in [2.24, 2.45) is 11.7 Å². The fraction of sp³-hybridized carbons (Fsp3) is 0.381. The number of benzene rings is 5. The summed E-state index contributed by atoms with van der Waals surface area (Å²) in [7, 11) is 0.214. The van der Waals surface area contributed by atoms with Gasteiger partial charge >= 0.3 is 107 Å². The number of amides is 3. The number of para-hydroxylation sites is 5. The number of esters is 3. The van der Waals surface area contributed by atoms with Gasteiger partial charge in [-0.15, -0.1) is 0 Å². The summed E-state index contributed by atoms with van der Waals surface area (Å²) < 4.78 is 60.1. The summed E-state index contributed by atoms with van der Waals surface area (Å²) in [6.07, 6.45) is 13.8. The van der Waals surface area contributed by atoms with Crippen LogP contribution in [0.15, 0.2) is 140 Å². The second-order valence-electron chi connectivity index (χ2n) is 28.9. The number of aromatic amines is 5. The first-order valence-electron chi connectivity index (χ1n) is 36.7. The second-order valence-corrected chi connectivity index (χ2v) is 29.8. The molecule has 10 aromatic rings. The van der Waals surface area contributed by atoms with Crippen LogP contribution >= 0.6 is 83.4 Å². The maximum Gasteiger partial charge on any atom is 1.00 e. The molecule has 5 aromatic carbocycles. The SMILES string of the molecule is C=Cc1cccc2c(C[C@H](NC(=O)OC(C)(C)C)C(=O)OC)c[nH]c12.CCc1cccc2c(C[C@H](C)C(=O)O)c[nH]c12.CCc1cccc2c(C[C@H](N)C(=O)O)c[nH]c12.CCc1cccc2c(C[C@H](NC(=O)OC(C)(C)C)C(=O)OC)c[nH]c12.COC(=O)[C@H](Cc1c[nH]c2c(Br)cccc12)NC(=O)OC(C)(C)C.FB(F)F.S.S.S.S.S.[CH-]=C.[K+]. The molecule has 3 amide bonds. The number of methoxy groups -OCH3 is 3. The number of carboxylic acids is 2. The minimum atomic E-state index is -3.67. The molecule has 0 spiro atoms. The zero-order chi connectivity index (χ0) is 85.5. The number of carbonyl (C=O) groups excluding carboxylic acids is 6. The summed E-state index contributed by atoms with van der Waals surface area (Å²) in [5, 5.41) is 30.7. The van der Waals surface area contributed by atoms with Crippen molar-refractivity contribution in [3.8, 4) is 0 Å². The number of aromatic nitrogens is 5. The molecule has 0 bridgehead atoms. The van der Waals surface area contributed by atoms with Crippen LogP contribution in [0.4, 0.5) is 27.3 Å². The van der Waals surface area contributed by atoms with Crippen molar-refractivity contribution in [1.82, 2.24) is 40.9 Å². The molecule has 0 aliphatic rings. The Morgan fingerprint density at radius 3 is 0.992 bits per heavy atom. The molecule has 36 heteroatoms. The van der Waals surface area contributed by atoms with Gasteiger partial charge in [-0.3, -0.25) is 29.1 Å². The molecule has 0 aliphatic carbocycles. The van der Waals surface area contributed by atoms with Gasteiger partial charge in [0.25, 0.3) is 0 Å². The van der Waals surface area contributed by atoms with Crippen molar-refractivity contribution in [2.45, 2.75) is 182 Å². The minimum absolute atomic E-state index is 0. The Balaban J connectivity index is -0.00000139. The van der Waals surface area contributed by atoms with E-state index in [2.05, 4.69) is 122 Å². The van der Waals surface area contributed by atoms with Gasteiger partial charge in [0.05, 0.1) is 38.3 Å². The number of hydrogen-bond donors (Lipinski definition) is 11. The van der Waals surface area contributed by atoms with Gasteiger partial charge in [-0.25, -0.2) is 28.8 Å². The van der Waals surface area contributed by atoms with E-state index in [1.807, 2.05) is 97.7 Å². The van der Waals surface area contributed by atoms with Gasteiger partial charge < -0.3 is 91.8 Å². The maximum absolute atomic E-state index is 12.1. The Bertz CT molecular complexity index is 4790. The van der Waals surface area contributed by atoms with E-state index in [0.717, 1.165) is 112 Å². The van der Waals surface area contributed by atoms with Crippen LogP contribution < -0.4 is 73.1 Å². The van der Waals surface area contributed by atoms with Crippen LogP contribution in [0.2, 0.25) is 0 Å². The van der Waals surface area contributed by atoms with Gasteiger partial charge in [0.1, 0.15) is 41.0 Å². The first-order chi connectivity index (χ1) is 53.7. The summed E-state index contributed by atoms with van der Waals surface area (Å²) in [5.74, 6) is -3.62. The summed E-state index contributed by atoms with van der Waals surface area (Å²) >= 11 is 3.48. The van der Waals surface area contributed by atoms with Crippen LogP contribution in [0.25, 0.3) is 60.6 Å². The number of aryl methyl sites for hydroxylation is 3. The molecule has 25 nitrogen and oxygen atoms in total. The molecule has 5 atom stereocenters. The molecule has 0 radical (unpaired) electrons. The van der Waals surface area contributed by atoms with Gasteiger partial charge in [-0.1, -0.05) is 125 Å². The Hall–Kier alpha value is -7.88. The summed E-state index contributed by atoms with van der Waals surface area (Å²) in [6.45, 7) is 34.7. The van der Waals surface area contributed by atoms with E-state index in [0.29, 0.717) is 25.7 Å². The largest absolute Gasteiger partial charge is 1.00 e. The smallest absolute Gasteiger partial charge is 0.521 e. The first-order valence-corrected chi connectivity index (χ1v) is 37.5. The van der Waals surface area contributed by atoms with Crippen molar-refractivity contribution in [1.29, 1.82) is 0 Å². The normalized spacial score (nSPS) is 11.7. The molecule has 0 saturated heterocycles. The second kappa shape index (κ2) is 56.0. The van der Waals surface area contributed by atoms with Crippen molar-refractivity contribution in [3.05, 3.63) is 196 Å². The van der Waals surface area contributed by atoms with Crippen LogP contribution in [-0.4, -0.2) is 153 Å². The van der Waals surface area contributed by atoms with Crippen LogP contribution in [0, 0.1) is 12.5 Å². The predicted molar refractivity (Wildman–Crippen MR) is 495 cm³/mol. The third-order valence-corrected chi connectivity index (χ3v) is 17.8. The number of rotatable bonds is 22. The summed E-state index contributed by atoms with van der Waals surface area (Å²) in [5.41, 5.74) is 18.3. The number of nitrogens with one attached hydrogen (secondary N) is 8. The number of carboxylic acid groups (broad SMARTS) is 2. The Morgan fingerprint density at radius 2 is 0.717 bits per heavy atom. The summed E-state index contributed by atoms with van der Waals surface area (Å²) in [6, 6.07) is 26.6. The average Bonchev–Trinajstić information content (AvgIpc) is 1.75. The standard InChI is InChI=1S/C19H26N2O4.C19H24N2O4.C17H21BrN2O4.C14H17NO2.C13H16N2O2.C2H3.BF3.K.5H2S/c2*1-6-12-8-7-9-14-13(11-20-16(12)14)10-15(17(22)24-5)21-18(23)25-19(2,3)4;1-17(2,3)24-16(22)20-13(15(21)23-4)8-10-9-19-14-11(10)6-5-7-12(14)18;1-3-10-5-4-6-12-11(8-15-13(10)12)7-9(2)14(16)17;1-2-8-4-3-5-10-9(7-15-12(8)10)6-11(14)13(16)17;1-2;2-1(3)4;;;;;;/h7-9,11,15,20H,6,10H2,1-5H3,(H,21,23);6-9,11,15,20H,1,10H2,2-5H3,(H,21,23);5-7,9,13,19H,8H2,1-4H3,(H,20,22);4-6,8-9,15H,3,7H2,1-2H3,(H,16,17);3-5,7,11,15H,2,6,14H2,1H3,(H,16,17);1H,2H2;;;5*1H2/q;;;;;-1;;+1;;;;;/t2*15-;13-;9-;11-;;;;;;;;/m00000......../s1. The number of fused-ring (bicyclic) bond motifs is 5. The van der Waals surface area contributed by atoms with Gasteiger partial charge in [-0.05, 0) is 160 Å². The quantitative estimate of drug-likeness (QED) is 0.0130. The number of nitrogens with two attached hydrogens (primary N) is 1. The fourth-order valence-corrected chi connectivity index (χ4v) is 12.4. The topological polar surface area (TPSA) is 373 Å². The molecule has 10 rings (SSSR count). The third kappa shape index (κ3) is 37.1. The van der Waals surface area contributed by atoms with Crippen LogP contribution in [0.3, 0.4) is 0 Å². The molecule has 120 heavy (non-hydrogen) atoms. The van der Waals surface area contributed by atoms with Crippen LogP contribution in [-0.2, 0) is 104 Å². The van der Waals surface area contributed by atoms with Crippen LogP contribution in [0.1, 0.15) is 140 Å². The number of carbonyl (C=O) groups is 8. The average molecular weight is 1860 g/mol. The van der Waals surface area contributed by atoms with Gasteiger partial charge in [0.15, 0.2) is 0 Å². The van der Waals surface area contributed by atoms with Crippen LogP contribution in [0.5, 0.6) is 0 Å². The number of alkyl carbamates (subject to hydrolysis) is 3. The van der Waals surface area contributed by atoms with Crippen molar-refractivity contribution >= 4 is 200 Å². The summed E-state index contributed by atoms with van der Waals surface area (Å²) in [4.78, 5) is 110. The van der Waals surface area contributed by atoms with Gasteiger partial charge in [0.2, 0.25) is 0 Å². The Morgan fingerprint density at radius 1 is 0.458 bits per heavy atom. The van der Waals surface area contributed by atoms with Crippen molar-refractivity contribution in [3.63, 3.8) is 0 Å². The molecule has 656 valence electrons. The Kier molecular flexibility index (Phi) is 54.3. The first kappa shape index (κ1) is 116. The molecule has 12 N–H and O–H groups in total. The van der Waals surface area contributed by atoms with Crippen molar-refractivity contribution < 1.29 is 141 Å². The van der Waals surface area contributed by atoms with E-state index in [1.54, 1.807) is 75.3 Å². The zero-order valence-corrected chi connectivity index (χ0v) is 80.6. The number of halogens is 4. The van der Waals surface area contributed by atoms with E-state index in [1.165, 1.54) is 38.0 Å². The van der Waals surface area contributed by atoms with E-state index >= 15 is 0 Å². The third-order valence-electron chi connectivity index (χ3n) is 17.1. The van der Waals surface area contributed by atoms with Gasteiger partial charge in [-0.2, -0.15) is 67.5 Å². The minimum Gasteiger partial charge on any atom is -0.521 e. The zero-order valence-electron chi connectivity index (χ0n) is 70.9. The monoisotopic (exact) mass is 1850 g/mol.